The van der Waals surface area contributed by atoms with Gasteiger partial charge in [0, 0.05) is 10.9 Å². The van der Waals surface area contributed by atoms with Crippen molar-refractivity contribution in [2.45, 2.75) is 22.8 Å². The molecular formula is C15H14BrNO5S2. The Labute approximate surface area is 151 Å². The molecule has 1 aromatic carbocycles. The number of nitrogens with one attached hydrogen (secondary N) is 1. The monoisotopic (exact) mass is 431 g/mol. The van der Waals surface area contributed by atoms with Crippen molar-refractivity contribution in [2.75, 3.05) is 7.11 Å². The number of carbonyl (C=O) groups excluding carboxylic acids is 1. The van der Waals surface area contributed by atoms with Crippen LogP contribution in [-0.2, 0) is 21.2 Å². The fourth-order valence-electron chi connectivity index (χ4n) is 2.67. The first kappa shape index (κ1) is 17.6. The second-order valence-corrected chi connectivity index (χ2v) is 9.12. The molecule has 1 aliphatic carbocycles. The van der Waals surface area contributed by atoms with Gasteiger partial charge in [0.05, 0.1) is 19.3 Å². The number of ether oxygens (including phenoxy) is 1. The van der Waals surface area contributed by atoms with Gasteiger partial charge in [0.15, 0.2) is 0 Å². The van der Waals surface area contributed by atoms with Crippen LogP contribution in [0.5, 0.6) is 0 Å². The number of hydrogen-bond donors (Lipinski definition) is 2. The minimum Gasteiger partial charge on any atom is -0.465 e. The van der Waals surface area contributed by atoms with Crippen LogP contribution in [0.1, 0.15) is 26.8 Å². The fraction of sp³-hybridized carbons (Fsp3) is 0.267. The molecule has 128 valence electrons. The van der Waals surface area contributed by atoms with Gasteiger partial charge in [-0.05, 0) is 33.1 Å². The highest BCUT2D eigenvalue weighted by molar-refractivity contribution is 9.10. The van der Waals surface area contributed by atoms with Crippen molar-refractivity contribution in [3.63, 3.8) is 0 Å². The molecule has 2 N–H and O–H groups in total. The average molecular weight is 432 g/mol. The molecule has 9 heteroatoms. The minimum absolute atomic E-state index is 0.0283. The Morgan fingerprint density at radius 1 is 1.42 bits per heavy atom. The molecule has 0 spiro atoms. The van der Waals surface area contributed by atoms with Gasteiger partial charge in [0.1, 0.15) is 9.09 Å². The highest BCUT2D eigenvalue weighted by Crippen LogP contribution is 2.36. The Bertz CT molecular complexity index is 893. The lowest BCUT2D eigenvalue weighted by Gasteiger charge is -2.17. The first-order valence-electron chi connectivity index (χ1n) is 6.99. The van der Waals surface area contributed by atoms with Gasteiger partial charge in [-0.3, -0.25) is 0 Å². The third kappa shape index (κ3) is 3.14. The van der Waals surface area contributed by atoms with Gasteiger partial charge in [-0.1, -0.05) is 24.3 Å². The number of carbonyl (C=O) groups is 1. The van der Waals surface area contributed by atoms with Crippen molar-refractivity contribution >= 4 is 43.3 Å². The summed E-state index contributed by atoms with van der Waals surface area (Å²) in [5, 5.41) is 10.2. The molecule has 0 bridgehead atoms. The van der Waals surface area contributed by atoms with Gasteiger partial charge in [-0.2, -0.15) is 0 Å². The number of sulfonamides is 1. The average Bonchev–Trinajstić information content (AvgIpc) is 3.08. The van der Waals surface area contributed by atoms with Gasteiger partial charge in [0.2, 0.25) is 0 Å². The summed E-state index contributed by atoms with van der Waals surface area (Å²) in [6.45, 7) is 0. The van der Waals surface area contributed by atoms with Crippen LogP contribution >= 0.6 is 27.3 Å². The van der Waals surface area contributed by atoms with Crippen molar-refractivity contribution in [2.24, 2.45) is 0 Å². The normalized spacial score (nSPS) is 20.0. The molecule has 0 aliphatic heterocycles. The van der Waals surface area contributed by atoms with Gasteiger partial charge < -0.3 is 9.84 Å². The van der Waals surface area contributed by atoms with E-state index in [1.807, 2.05) is 12.1 Å². The van der Waals surface area contributed by atoms with Gasteiger partial charge >= 0.3 is 5.97 Å². The predicted octanol–water partition coefficient (Wildman–Crippen LogP) is 2.23. The van der Waals surface area contributed by atoms with Crippen molar-refractivity contribution in [1.29, 1.82) is 0 Å². The summed E-state index contributed by atoms with van der Waals surface area (Å²) < 4.78 is 32.8. The molecule has 3 rings (SSSR count). The zero-order valence-electron chi connectivity index (χ0n) is 12.5. The summed E-state index contributed by atoms with van der Waals surface area (Å²) in [7, 11) is -2.69. The van der Waals surface area contributed by atoms with E-state index in [0.29, 0.717) is 6.42 Å². The van der Waals surface area contributed by atoms with Crippen molar-refractivity contribution in [1.82, 2.24) is 4.72 Å². The number of fused-ring (bicyclic) bond motifs is 1. The maximum atomic E-state index is 12.7. The quantitative estimate of drug-likeness (QED) is 0.723. The molecule has 0 saturated carbocycles. The standard InChI is InChI=1S/C15H14BrNO5S2/c1-22-14(19)12-7-10(16)15(23-12)24(20,21)17-13-9-5-3-2-4-8(9)6-11(13)18/h2-5,7,11,13,17-18H,6H2,1H3/t11-,13-/m1/s1. The van der Waals surface area contributed by atoms with E-state index in [0.717, 1.165) is 22.5 Å². The molecule has 2 atom stereocenters. The van der Waals surface area contributed by atoms with E-state index in [9.17, 15) is 18.3 Å². The van der Waals surface area contributed by atoms with Crippen molar-refractivity contribution in [3.8, 4) is 0 Å². The van der Waals surface area contributed by atoms with E-state index in [4.69, 9.17) is 0 Å². The molecule has 0 amide bonds. The molecule has 0 radical (unpaired) electrons. The molecule has 6 nitrogen and oxygen atoms in total. The van der Waals surface area contributed by atoms with Crippen LogP contribution in [-0.4, -0.2) is 32.7 Å². The van der Waals surface area contributed by atoms with Crippen LogP contribution < -0.4 is 4.72 Å². The summed E-state index contributed by atoms with van der Waals surface area (Å²) in [5.74, 6) is -0.603. The number of aliphatic hydroxyl groups excluding tert-OH is 1. The highest BCUT2D eigenvalue weighted by atomic mass is 79.9. The Morgan fingerprint density at radius 3 is 2.83 bits per heavy atom. The Hall–Kier alpha value is -1.26. The fourth-order valence-corrected chi connectivity index (χ4v) is 6.53. The molecule has 0 fully saturated rings. The summed E-state index contributed by atoms with van der Waals surface area (Å²) in [5.41, 5.74) is 1.67. The lowest BCUT2D eigenvalue weighted by atomic mass is 10.1. The number of benzene rings is 1. The lowest BCUT2D eigenvalue weighted by Crippen LogP contribution is -2.33. The first-order chi connectivity index (χ1) is 11.3. The second kappa shape index (κ2) is 6.57. The zero-order valence-corrected chi connectivity index (χ0v) is 15.7. The summed E-state index contributed by atoms with van der Waals surface area (Å²) in [4.78, 5) is 11.8. The summed E-state index contributed by atoms with van der Waals surface area (Å²) >= 11 is 3.98. The SMILES string of the molecule is COC(=O)c1cc(Br)c(S(=O)(=O)N[C@@H]2c3ccccc3C[C@H]2O)s1. The highest BCUT2D eigenvalue weighted by Gasteiger charge is 2.35. The van der Waals surface area contributed by atoms with Gasteiger partial charge in [-0.15, -0.1) is 11.3 Å². The van der Waals surface area contributed by atoms with Gasteiger partial charge in [-0.25, -0.2) is 17.9 Å². The van der Waals surface area contributed by atoms with Crippen LogP contribution in [0.25, 0.3) is 0 Å². The van der Waals surface area contributed by atoms with Crippen molar-refractivity contribution in [3.05, 3.63) is 50.8 Å². The van der Waals surface area contributed by atoms with E-state index in [2.05, 4.69) is 25.4 Å². The first-order valence-corrected chi connectivity index (χ1v) is 10.1. The largest absolute Gasteiger partial charge is 0.465 e. The molecule has 0 saturated heterocycles. The number of rotatable bonds is 4. The summed E-state index contributed by atoms with van der Waals surface area (Å²) in [6, 6.07) is 7.99. The number of halogens is 1. The third-order valence-electron chi connectivity index (χ3n) is 3.77. The molecule has 1 aromatic heterocycles. The molecule has 1 heterocycles. The number of esters is 1. The van der Waals surface area contributed by atoms with E-state index < -0.39 is 28.1 Å². The second-order valence-electron chi connectivity index (χ2n) is 5.31. The Balaban J connectivity index is 1.93. The number of thiophene rings is 1. The number of aliphatic hydroxyl groups is 1. The van der Waals surface area contributed by atoms with Crippen LogP contribution in [0.2, 0.25) is 0 Å². The Kier molecular flexibility index (Phi) is 4.80. The Morgan fingerprint density at radius 2 is 2.12 bits per heavy atom. The molecule has 2 aromatic rings. The van der Waals surface area contributed by atoms with Gasteiger partial charge in [0.25, 0.3) is 10.0 Å². The molecular weight excluding hydrogens is 418 g/mol. The summed E-state index contributed by atoms with van der Waals surface area (Å²) in [6.07, 6.45) is -0.446. The lowest BCUT2D eigenvalue weighted by molar-refractivity contribution is 0.0606. The third-order valence-corrected chi connectivity index (χ3v) is 8.01. The van der Waals surface area contributed by atoms with E-state index >= 15 is 0 Å². The van der Waals surface area contributed by atoms with Crippen LogP contribution in [0.3, 0.4) is 0 Å². The maximum Gasteiger partial charge on any atom is 0.348 e. The van der Waals surface area contributed by atoms with E-state index in [1.165, 1.54) is 13.2 Å². The molecule has 1 aliphatic rings. The molecule has 0 unspecified atom stereocenters. The van der Waals surface area contributed by atoms with Crippen LogP contribution in [0.4, 0.5) is 0 Å². The minimum atomic E-state index is -3.92. The van der Waals surface area contributed by atoms with Crippen LogP contribution in [0, 0.1) is 0 Å². The van der Waals surface area contributed by atoms with Crippen molar-refractivity contribution < 1.29 is 23.1 Å². The van der Waals surface area contributed by atoms with E-state index in [1.54, 1.807) is 12.1 Å². The van der Waals surface area contributed by atoms with Crippen LogP contribution in [0.15, 0.2) is 39.0 Å². The maximum absolute atomic E-state index is 12.7. The number of hydrogen-bond acceptors (Lipinski definition) is 6. The zero-order chi connectivity index (χ0) is 17.5. The van der Waals surface area contributed by atoms with E-state index in [-0.39, 0.29) is 13.6 Å². The number of methoxy groups -OCH3 is 1. The smallest absolute Gasteiger partial charge is 0.348 e. The predicted molar refractivity (Wildman–Crippen MR) is 92.6 cm³/mol. The topological polar surface area (TPSA) is 92.7 Å². The molecule has 24 heavy (non-hydrogen) atoms.